The molecule has 2 aromatic carbocycles. The van der Waals surface area contributed by atoms with Crippen molar-refractivity contribution in [1.82, 2.24) is 15.5 Å². The Morgan fingerprint density at radius 3 is 2.41 bits per heavy atom. The van der Waals surface area contributed by atoms with Gasteiger partial charge < -0.3 is 25.1 Å². The van der Waals surface area contributed by atoms with Crippen molar-refractivity contribution in [3.05, 3.63) is 65.8 Å². The molecule has 37 heavy (non-hydrogen) atoms. The highest BCUT2D eigenvalue weighted by Gasteiger charge is 2.24. The van der Waals surface area contributed by atoms with Gasteiger partial charge in [-0.25, -0.2) is 9.18 Å². The molecule has 0 unspecified atom stereocenters. The summed E-state index contributed by atoms with van der Waals surface area (Å²) < 4.78 is 24.5. The topological polar surface area (TPSA) is 118 Å². The van der Waals surface area contributed by atoms with Gasteiger partial charge in [-0.1, -0.05) is 29.4 Å². The molecular formula is C27H32FN5O4. The minimum Gasteiger partial charge on any atom is -0.449 e. The molecular weight excluding hydrogens is 477 g/mol. The molecule has 9 nitrogen and oxygen atoms in total. The van der Waals surface area contributed by atoms with E-state index in [1.165, 1.54) is 17.7 Å². The summed E-state index contributed by atoms with van der Waals surface area (Å²) in [6.07, 6.45) is 3.64. The summed E-state index contributed by atoms with van der Waals surface area (Å²) in [4.78, 5) is 24.4. The summed E-state index contributed by atoms with van der Waals surface area (Å²) in [6.45, 7) is 6.20. The van der Waals surface area contributed by atoms with Crippen LogP contribution < -0.4 is 16.0 Å². The number of halogens is 1. The maximum absolute atomic E-state index is 13.8. The summed E-state index contributed by atoms with van der Waals surface area (Å²) in [7, 11) is 0. The van der Waals surface area contributed by atoms with Crippen molar-refractivity contribution in [1.29, 1.82) is 0 Å². The highest BCUT2D eigenvalue weighted by Crippen LogP contribution is 2.36. The van der Waals surface area contributed by atoms with Crippen molar-refractivity contribution in [3.63, 3.8) is 0 Å². The van der Waals surface area contributed by atoms with Crippen molar-refractivity contribution in [2.24, 2.45) is 5.92 Å². The monoisotopic (exact) mass is 509 g/mol. The Bertz CT molecular complexity index is 1210. The van der Waals surface area contributed by atoms with Crippen molar-refractivity contribution < 1.29 is 23.1 Å². The predicted molar refractivity (Wildman–Crippen MR) is 137 cm³/mol. The standard InChI is InChI=1S/C27H32FN5O4/c1-27(2,3)31-26(35)36-16-17-8-10-18(11-9-17)19-12-14-20(15-13-19)29-23(34)24-32-33-25(37-24)30-22-7-5-4-6-21(22)28/h4-7,12-15,17-18H,8-11,16H2,1-3H3,(H,29,34)(H,30,33)(H,31,35). The van der Waals surface area contributed by atoms with Gasteiger partial charge >= 0.3 is 23.9 Å². The Hall–Kier alpha value is -3.95. The Morgan fingerprint density at radius 1 is 1.03 bits per heavy atom. The molecule has 4 rings (SSSR count). The molecule has 196 valence electrons. The lowest BCUT2D eigenvalue weighted by atomic mass is 9.79. The number of carbonyl (C=O) groups is 2. The van der Waals surface area contributed by atoms with Crippen LogP contribution >= 0.6 is 0 Å². The smallest absolute Gasteiger partial charge is 0.407 e. The van der Waals surface area contributed by atoms with E-state index in [4.69, 9.17) is 9.15 Å². The highest BCUT2D eigenvalue weighted by atomic mass is 19.1. The van der Waals surface area contributed by atoms with Crippen molar-refractivity contribution in [2.75, 3.05) is 17.2 Å². The van der Waals surface area contributed by atoms with Crippen LogP contribution in [0.1, 0.15) is 68.6 Å². The Morgan fingerprint density at radius 2 is 1.73 bits per heavy atom. The average Bonchev–Trinajstić information content (AvgIpc) is 3.33. The number of benzene rings is 2. The van der Waals surface area contributed by atoms with Crippen molar-refractivity contribution in [3.8, 4) is 0 Å². The summed E-state index contributed by atoms with van der Waals surface area (Å²) in [5.41, 5.74) is 1.66. The molecule has 3 aromatic rings. The Labute approximate surface area is 215 Å². The number of alkyl carbamates (subject to hydrolysis) is 1. The van der Waals surface area contributed by atoms with Gasteiger partial charge in [-0.05, 0) is 88.1 Å². The summed E-state index contributed by atoms with van der Waals surface area (Å²) in [6, 6.07) is 13.7. The van der Waals surface area contributed by atoms with E-state index < -0.39 is 11.7 Å². The van der Waals surface area contributed by atoms with Crippen molar-refractivity contribution >= 4 is 29.4 Å². The van der Waals surface area contributed by atoms with E-state index in [2.05, 4.69) is 26.1 Å². The van der Waals surface area contributed by atoms with Crippen LogP contribution in [-0.4, -0.2) is 34.3 Å². The number of anilines is 3. The summed E-state index contributed by atoms with van der Waals surface area (Å²) in [5.74, 6) is -0.477. The summed E-state index contributed by atoms with van der Waals surface area (Å²) >= 11 is 0. The Balaban J connectivity index is 1.24. The number of nitrogens with one attached hydrogen (secondary N) is 3. The quantitative estimate of drug-likeness (QED) is 0.357. The SMILES string of the molecule is CC(C)(C)NC(=O)OCC1CCC(c2ccc(NC(=O)c3nnc(Nc4ccccc4F)o3)cc2)CC1. The van der Waals surface area contributed by atoms with E-state index in [1.54, 1.807) is 12.1 Å². The van der Waals surface area contributed by atoms with E-state index in [0.717, 1.165) is 25.7 Å². The van der Waals surface area contributed by atoms with Crippen LogP contribution in [-0.2, 0) is 4.74 Å². The highest BCUT2D eigenvalue weighted by molar-refractivity contribution is 6.00. The van der Waals surface area contributed by atoms with Crippen LogP contribution in [0.25, 0.3) is 0 Å². The van der Waals surface area contributed by atoms with Gasteiger partial charge in [0.1, 0.15) is 5.82 Å². The van der Waals surface area contributed by atoms with Gasteiger partial charge in [-0.2, -0.15) is 0 Å². The fourth-order valence-electron chi connectivity index (χ4n) is 4.26. The third-order valence-electron chi connectivity index (χ3n) is 6.15. The zero-order valence-electron chi connectivity index (χ0n) is 21.2. The van der Waals surface area contributed by atoms with Gasteiger partial charge in [0.2, 0.25) is 0 Å². The molecule has 1 aliphatic rings. The zero-order valence-corrected chi connectivity index (χ0v) is 21.2. The molecule has 1 aliphatic carbocycles. The first-order valence-electron chi connectivity index (χ1n) is 12.4. The lowest BCUT2D eigenvalue weighted by Gasteiger charge is -2.29. The fraction of sp³-hybridized carbons (Fsp3) is 0.407. The largest absolute Gasteiger partial charge is 0.449 e. The first-order chi connectivity index (χ1) is 17.7. The van der Waals surface area contributed by atoms with Gasteiger partial charge in [-0.3, -0.25) is 4.79 Å². The number of hydrogen-bond acceptors (Lipinski definition) is 7. The van der Waals surface area contributed by atoms with Crippen LogP contribution in [0.5, 0.6) is 0 Å². The second-order valence-corrected chi connectivity index (χ2v) is 10.3. The number of amides is 2. The van der Waals surface area contributed by atoms with Crippen molar-refractivity contribution in [2.45, 2.75) is 57.9 Å². The van der Waals surface area contributed by atoms with Gasteiger partial charge in [0.15, 0.2) is 0 Å². The lowest BCUT2D eigenvalue weighted by Crippen LogP contribution is -2.41. The van der Waals surface area contributed by atoms with Crippen LogP contribution in [0.15, 0.2) is 52.9 Å². The molecule has 0 atom stereocenters. The van der Waals surface area contributed by atoms with E-state index in [1.807, 2.05) is 45.0 Å². The number of ether oxygens (including phenoxy) is 1. The average molecular weight is 510 g/mol. The second-order valence-electron chi connectivity index (χ2n) is 10.3. The third kappa shape index (κ3) is 7.52. The van der Waals surface area contributed by atoms with E-state index in [0.29, 0.717) is 24.1 Å². The van der Waals surface area contributed by atoms with E-state index in [9.17, 15) is 14.0 Å². The number of carbonyl (C=O) groups excluding carboxylic acids is 2. The van der Waals surface area contributed by atoms with Gasteiger partial charge in [0, 0.05) is 11.2 Å². The van der Waals surface area contributed by atoms with Gasteiger partial charge in [0.05, 0.1) is 12.3 Å². The minimum absolute atomic E-state index is 0.0820. The molecule has 0 radical (unpaired) electrons. The molecule has 0 spiro atoms. The normalized spacial score (nSPS) is 17.6. The first kappa shape index (κ1) is 26.1. The van der Waals surface area contributed by atoms with E-state index in [-0.39, 0.29) is 29.2 Å². The lowest BCUT2D eigenvalue weighted by molar-refractivity contribution is 0.0990. The minimum atomic E-state index is -0.558. The second kappa shape index (κ2) is 11.4. The molecule has 2 amide bonds. The molecule has 0 saturated heterocycles. The molecule has 0 aliphatic heterocycles. The maximum Gasteiger partial charge on any atom is 0.407 e. The van der Waals surface area contributed by atoms with Gasteiger partial charge in [0.25, 0.3) is 0 Å². The third-order valence-corrected chi connectivity index (χ3v) is 6.15. The zero-order chi connectivity index (χ0) is 26.4. The number of hydrogen-bond donors (Lipinski definition) is 3. The predicted octanol–water partition coefficient (Wildman–Crippen LogP) is 6.00. The molecule has 1 heterocycles. The number of aromatic nitrogens is 2. The number of para-hydroxylation sites is 1. The van der Waals surface area contributed by atoms with Gasteiger partial charge in [-0.15, -0.1) is 5.10 Å². The number of nitrogens with zero attached hydrogens (tertiary/aromatic N) is 2. The maximum atomic E-state index is 13.8. The molecule has 1 fully saturated rings. The van der Waals surface area contributed by atoms with Crippen LogP contribution in [0.3, 0.4) is 0 Å². The molecule has 1 saturated carbocycles. The molecule has 10 heteroatoms. The van der Waals surface area contributed by atoms with E-state index >= 15 is 0 Å². The Kier molecular flexibility index (Phi) is 8.05. The summed E-state index contributed by atoms with van der Waals surface area (Å²) in [5, 5.41) is 15.7. The van der Waals surface area contributed by atoms with Crippen LogP contribution in [0.4, 0.5) is 26.6 Å². The van der Waals surface area contributed by atoms with Crippen LogP contribution in [0, 0.1) is 11.7 Å². The van der Waals surface area contributed by atoms with Crippen LogP contribution in [0.2, 0.25) is 0 Å². The molecule has 1 aromatic heterocycles. The fourth-order valence-corrected chi connectivity index (χ4v) is 4.26. The molecule has 0 bridgehead atoms. The molecule has 3 N–H and O–H groups in total. The number of rotatable bonds is 7. The first-order valence-corrected chi connectivity index (χ1v) is 12.4.